The zero-order valence-corrected chi connectivity index (χ0v) is 19.2. The molecule has 0 saturated heterocycles. The van der Waals surface area contributed by atoms with Gasteiger partial charge in [0.05, 0.1) is 18.2 Å². The van der Waals surface area contributed by atoms with Crippen molar-refractivity contribution in [2.24, 2.45) is 4.99 Å². The molecule has 30 heavy (non-hydrogen) atoms. The highest BCUT2D eigenvalue weighted by Gasteiger charge is 2.26. The molecule has 150 valence electrons. The number of esters is 1. The summed E-state index contributed by atoms with van der Waals surface area (Å²) in [5.74, 6) is -0.289. The van der Waals surface area contributed by atoms with Crippen molar-refractivity contribution in [3.63, 3.8) is 0 Å². The predicted octanol–water partition coefficient (Wildman–Crippen LogP) is 5.56. The van der Waals surface area contributed by atoms with Gasteiger partial charge in [-0.2, -0.15) is 0 Å². The minimum absolute atomic E-state index is 0.146. The van der Waals surface area contributed by atoms with E-state index in [9.17, 15) is 4.79 Å². The molecule has 0 aromatic heterocycles. The SMILES string of the molecule is O=C(CC1N=C(c2ccccc2)c2cc(I)ccc2CC1=S)OCc1ccccc1. The number of thiocarbonyl (C=S) groups is 1. The number of carbonyl (C=O) groups excluding carboxylic acids is 1. The summed E-state index contributed by atoms with van der Waals surface area (Å²) in [6.45, 7) is 0.257. The highest BCUT2D eigenvalue weighted by atomic mass is 127. The monoisotopic (exact) mass is 525 g/mol. The summed E-state index contributed by atoms with van der Waals surface area (Å²) in [5.41, 5.74) is 5.08. The zero-order valence-electron chi connectivity index (χ0n) is 16.3. The van der Waals surface area contributed by atoms with Gasteiger partial charge in [-0.1, -0.05) is 78.9 Å². The molecule has 1 aliphatic heterocycles. The van der Waals surface area contributed by atoms with E-state index in [4.69, 9.17) is 21.9 Å². The second-order valence-electron chi connectivity index (χ2n) is 7.15. The predicted molar refractivity (Wildman–Crippen MR) is 132 cm³/mol. The number of benzene rings is 3. The molecule has 0 amide bonds. The van der Waals surface area contributed by atoms with Gasteiger partial charge in [0.25, 0.3) is 0 Å². The first-order valence-corrected chi connectivity index (χ1v) is 11.2. The number of fused-ring (bicyclic) bond motifs is 1. The van der Waals surface area contributed by atoms with Gasteiger partial charge in [0.2, 0.25) is 0 Å². The van der Waals surface area contributed by atoms with Crippen molar-refractivity contribution in [1.29, 1.82) is 0 Å². The minimum Gasteiger partial charge on any atom is -0.461 e. The van der Waals surface area contributed by atoms with Crippen LogP contribution in [0.2, 0.25) is 0 Å². The Bertz CT molecular complexity index is 1100. The third kappa shape index (κ3) is 5.02. The van der Waals surface area contributed by atoms with E-state index in [1.165, 1.54) is 0 Å². The third-order valence-corrected chi connectivity index (χ3v) is 6.09. The molecular weight excluding hydrogens is 505 g/mol. The topological polar surface area (TPSA) is 38.7 Å². The van der Waals surface area contributed by atoms with Crippen molar-refractivity contribution in [2.45, 2.75) is 25.5 Å². The van der Waals surface area contributed by atoms with Crippen LogP contribution in [0.5, 0.6) is 0 Å². The van der Waals surface area contributed by atoms with Crippen LogP contribution < -0.4 is 0 Å². The van der Waals surface area contributed by atoms with E-state index >= 15 is 0 Å². The van der Waals surface area contributed by atoms with Gasteiger partial charge >= 0.3 is 5.97 Å². The van der Waals surface area contributed by atoms with E-state index in [2.05, 4.69) is 40.8 Å². The molecule has 0 radical (unpaired) electrons. The Hall–Kier alpha value is -2.38. The lowest BCUT2D eigenvalue weighted by Gasteiger charge is -2.13. The Kier molecular flexibility index (Phi) is 6.69. The van der Waals surface area contributed by atoms with Crippen LogP contribution >= 0.6 is 34.8 Å². The molecule has 0 spiro atoms. The fourth-order valence-electron chi connectivity index (χ4n) is 3.47. The molecule has 1 unspecified atom stereocenters. The van der Waals surface area contributed by atoms with Gasteiger partial charge in [-0.05, 0) is 45.9 Å². The van der Waals surface area contributed by atoms with Gasteiger partial charge in [0.1, 0.15) is 6.61 Å². The van der Waals surface area contributed by atoms with Crippen LogP contribution in [-0.4, -0.2) is 22.6 Å². The molecular formula is C25H20INO2S. The summed E-state index contributed by atoms with van der Waals surface area (Å²) in [6.07, 6.45) is 0.769. The number of rotatable bonds is 5. The number of aliphatic imine (C=N–C) groups is 1. The van der Waals surface area contributed by atoms with Crippen molar-refractivity contribution >= 4 is 51.4 Å². The highest BCUT2D eigenvalue weighted by molar-refractivity contribution is 14.1. The van der Waals surface area contributed by atoms with E-state index in [-0.39, 0.29) is 25.0 Å². The van der Waals surface area contributed by atoms with Crippen molar-refractivity contribution in [1.82, 2.24) is 0 Å². The van der Waals surface area contributed by atoms with Gasteiger partial charge in [-0.15, -0.1) is 0 Å². The van der Waals surface area contributed by atoms with E-state index in [1.54, 1.807) is 0 Å². The molecule has 3 nitrogen and oxygen atoms in total. The summed E-state index contributed by atoms with van der Waals surface area (Å²) in [6, 6.07) is 25.7. The lowest BCUT2D eigenvalue weighted by molar-refractivity contribution is -0.145. The lowest BCUT2D eigenvalue weighted by Crippen LogP contribution is -2.23. The smallest absolute Gasteiger partial charge is 0.308 e. The van der Waals surface area contributed by atoms with Gasteiger partial charge in [0.15, 0.2) is 0 Å². The molecule has 0 N–H and O–H groups in total. The molecule has 1 atom stereocenters. The maximum atomic E-state index is 12.6. The molecule has 0 bridgehead atoms. The molecule has 0 fully saturated rings. The first-order valence-electron chi connectivity index (χ1n) is 9.74. The maximum absolute atomic E-state index is 12.6. The average molecular weight is 525 g/mol. The Morgan fingerprint density at radius 1 is 1.03 bits per heavy atom. The van der Waals surface area contributed by atoms with E-state index in [0.717, 1.165) is 36.4 Å². The van der Waals surface area contributed by atoms with Gasteiger partial charge in [-0.3, -0.25) is 9.79 Å². The molecule has 0 saturated carbocycles. The minimum atomic E-state index is -0.386. The van der Waals surface area contributed by atoms with Crippen molar-refractivity contribution in [3.05, 3.63) is 105 Å². The molecule has 1 heterocycles. The Morgan fingerprint density at radius 3 is 2.47 bits per heavy atom. The second-order valence-corrected chi connectivity index (χ2v) is 8.92. The van der Waals surface area contributed by atoms with Crippen LogP contribution in [0.3, 0.4) is 0 Å². The van der Waals surface area contributed by atoms with Gasteiger partial charge in [-0.25, -0.2) is 0 Å². The Morgan fingerprint density at radius 2 is 1.73 bits per heavy atom. The summed E-state index contributed by atoms with van der Waals surface area (Å²) in [4.78, 5) is 18.3. The molecule has 1 aliphatic rings. The number of halogens is 1. The Labute approximate surface area is 195 Å². The van der Waals surface area contributed by atoms with Crippen LogP contribution in [0.4, 0.5) is 0 Å². The highest BCUT2D eigenvalue weighted by Crippen LogP contribution is 2.25. The lowest BCUT2D eigenvalue weighted by atomic mass is 9.96. The van der Waals surface area contributed by atoms with Crippen molar-refractivity contribution in [2.75, 3.05) is 0 Å². The largest absolute Gasteiger partial charge is 0.461 e. The van der Waals surface area contributed by atoms with Crippen molar-refractivity contribution < 1.29 is 9.53 Å². The van der Waals surface area contributed by atoms with E-state index in [0.29, 0.717) is 6.42 Å². The van der Waals surface area contributed by atoms with Crippen LogP contribution in [0.15, 0.2) is 83.9 Å². The van der Waals surface area contributed by atoms with E-state index in [1.807, 2.05) is 60.7 Å². The number of hydrogen-bond acceptors (Lipinski definition) is 4. The van der Waals surface area contributed by atoms with Crippen LogP contribution in [0.25, 0.3) is 0 Å². The summed E-state index contributed by atoms with van der Waals surface area (Å²) < 4.78 is 6.63. The summed E-state index contributed by atoms with van der Waals surface area (Å²) in [5, 5.41) is 0. The van der Waals surface area contributed by atoms with Crippen molar-refractivity contribution in [3.8, 4) is 0 Å². The number of carbonyl (C=O) groups is 1. The third-order valence-electron chi connectivity index (χ3n) is 5.00. The normalized spacial score (nSPS) is 15.7. The number of nitrogens with zero attached hydrogens (tertiary/aromatic N) is 1. The van der Waals surface area contributed by atoms with Crippen LogP contribution in [-0.2, 0) is 22.6 Å². The summed E-state index contributed by atoms with van der Waals surface area (Å²) >= 11 is 8.02. The van der Waals surface area contributed by atoms with Crippen LogP contribution in [0, 0.1) is 3.57 Å². The van der Waals surface area contributed by atoms with Crippen LogP contribution in [0.1, 0.15) is 28.7 Å². The fourth-order valence-corrected chi connectivity index (χ4v) is 4.25. The van der Waals surface area contributed by atoms with Gasteiger partial charge in [0, 0.05) is 26.0 Å². The fraction of sp³-hybridized carbons (Fsp3) is 0.160. The zero-order chi connectivity index (χ0) is 20.9. The quantitative estimate of drug-likeness (QED) is 0.249. The molecule has 5 heteroatoms. The summed E-state index contributed by atoms with van der Waals surface area (Å²) in [7, 11) is 0. The molecule has 3 aromatic rings. The maximum Gasteiger partial charge on any atom is 0.308 e. The Balaban J connectivity index is 1.61. The second kappa shape index (κ2) is 9.62. The first-order chi connectivity index (χ1) is 14.6. The molecule has 0 aliphatic carbocycles. The first kappa shape index (κ1) is 20.9. The number of ether oxygens (including phenoxy) is 1. The number of hydrogen-bond donors (Lipinski definition) is 0. The molecule has 3 aromatic carbocycles. The molecule has 4 rings (SSSR count). The average Bonchev–Trinajstić information content (AvgIpc) is 2.90. The standard InChI is InChI=1S/C25H20INO2S/c26-20-12-11-19-13-23(30)22(15-24(28)29-16-17-7-3-1-4-8-17)27-25(21(19)14-20)18-9-5-2-6-10-18/h1-12,14,22H,13,15-16H2. The van der Waals surface area contributed by atoms with Gasteiger partial charge < -0.3 is 4.74 Å². The van der Waals surface area contributed by atoms with E-state index < -0.39 is 0 Å².